The molecule has 2 fully saturated rings. The molecule has 0 bridgehead atoms. The van der Waals surface area contributed by atoms with Gasteiger partial charge in [-0.2, -0.15) is 0 Å². The number of amides is 1. The smallest absolute Gasteiger partial charge is 0.236 e. The van der Waals surface area contributed by atoms with Crippen LogP contribution in [0.15, 0.2) is 29.2 Å². The molecule has 1 aromatic carbocycles. The Morgan fingerprint density at radius 2 is 2.10 bits per heavy atom. The third-order valence-electron chi connectivity index (χ3n) is 4.09. The first-order valence-electron chi connectivity index (χ1n) is 7.45. The van der Waals surface area contributed by atoms with Crippen molar-refractivity contribution in [3.63, 3.8) is 0 Å². The Balaban J connectivity index is 1.63. The number of carbonyl (C=O) groups excluding carboxylic acids is 1. The molecule has 1 aliphatic heterocycles. The molecule has 1 aromatic rings. The Bertz CT molecular complexity index is 504. The summed E-state index contributed by atoms with van der Waals surface area (Å²) < 4.78 is 5.56. The second-order valence-corrected chi connectivity index (χ2v) is 7.58. The molecule has 1 saturated carbocycles. The van der Waals surface area contributed by atoms with Crippen molar-refractivity contribution in [1.82, 2.24) is 4.90 Å². The van der Waals surface area contributed by atoms with E-state index in [1.807, 2.05) is 31.2 Å². The van der Waals surface area contributed by atoms with Gasteiger partial charge >= 0.3 is 0 Å². The predicted molar refractivity (Wildman–Crippen MR) is 85.8 cm³/mol. The standard InChI is InChI=1S/C16H20ClNO2S/c1-11(21-14-6-4-13(17)5-7-14)16(19)18-8-9-20-10-15(18)12-2-3-12/h4-7,11-12,15H,2-3,8-10H2,1H3/t11-,15-/m0/s1. The van der Waals surface area contributed by atoms with Gasteiger partial charge < -0.3 is 9.64 Å². The van der Waals surface area contributed by atoms with E-state index in [1.54, 1.807) is 11.8 Å². The van der Waals surface area contributed by atoms with Crippen molar-refractivity contribution in [3.05, 3.63) is 29.3 Å². The average Bonchev–Trinajstić information content (AvgIpc) is 3.33. The summed E-state index contributed by atoms with van der Waals surface area (Å²) in [6.07, 6.45) is 2.47. The number of carbonyl (C=O) groups is 1. The van der Waals surface area contributed by atoms with Crippen LogP contribution in [0.4, 0.5) is 0 Å². The van der Waals surface area contributed by atoms with Crippen LogP contribution >= 0.6 is 23.4 Å². The van der Waals surface area contributed by atoms with Crippen molar-refractivity contribution in [3.8, 4) is 0 Å². The summed E-state index contributed by atoms with van der Waals surface area (Å²) in [5, 5.41) is 0.644. The number of halogens is 1. The molecule has 3 rings (SSSR count). The van der Waals surface area contributed by atoms with E-state index in [0.29, 0.717) is 25.2 Å². The van der Waals surface area contributed by atoms with Crippen LogP contribution in [0.25, 0.3) is 0 Å². The van der Waals surface area contributed by atoms with Crippen molar-refractivity contribution in [2.45, 2.75) is 36.0 Å². The fraction of sp³-hybridized carbons (Fsp3) is 0.562. The third kappa shape index (κ3) is 3.74. The van der Waals surface area contributed by atoms with Crippen LogP contribution < -0.4 is 0 Å². The van der Waals surface area contributed by atoms with E-state index in [9.17, 15) is 4.79 Å². The molecular weight excluding hydrogens is 306 g/mol. The van der Waals surface area contributed by atoms with Gasteiger partial charge in [-0.25, -0.2) is 0 Å². The van der Waals surface area contributed by atoms with Gasteiger partial charge in [-0.3, -0.25) is 4.79 Å². The van der Waals surface area contributed by atoms with E-state index >= 15 is 0 Å². The quantitative estimate of drug-likeness (QED) is 0.794. The zero-order valence-corrected chi connectivity index (χ0v) is 13.7. The zero-order chi connectivity index (χ0) is 14.8. The van der Waals surface area contributed by atoms with Crippen LogP contribution in [0.2, 0.25) is 5.02 Å². The topological polar surface area (TPSA) is 29.5 Å². The van der Waals surface area contributed by atoms with Crippen LogP contribution in [0.5, 0.6) is 0 Å². The largest absolute Gasteiger partial charge is 0.377 e. The number of benzene rings is 1. The van der Waals surface area contributed by atoms with Gasteiger partial charge in [0.25, 0.3) is 0 Å². The number of nitrogens with zero attached hydrogens (tertiary/aromatic N) is 1. The lowest BCUT2D eigenvalue weighted by molar-refractivity contribution is -0.139. The molecule has 1 saturated heterocycles. The van der Waals surface area contributed by atoms with Crippen LogP contribution in [0.3, 0.4) is 0 Å². The Morgan fingerprint density at radius 3 is 2.76 bits per heavy atom. The van der Waals surface area contributed by atoms with E-state index in [0.717, 1.165) is 16.5 Å². The number of thioether (sulfide) groups is 1. The van der Waals surface area contributed by atoms with E-state index in [1.165, 1.54) is 12.8 Å². The summed E-state index contributed by atoms with van der Waals surface area (Å²) in [7, 11) is 0. The van der Waals surface area contributed by atoms with E-state index in [-0.39, 0.29) is 11.2 Å². The number of hydrogen-bond donors (Lipinski definition) is 0. The molecule has 1 amide bonds. The molecular formula is C16H20ClNO2S. The third-order valence-corrected chi connectivity index (χ3v) is 5.44. The molecule has 114 valence electrons. The molecule has 2 atom stereocenters. The Hall–Kier alpha value is -0.710. The summed E-state index contributed by atoms with van der Waals surface area (Å²) >= 11 is 7.49. The molecule has 1 aliphatic carbocycles. The monoisotopic (exact) mass is 325 g/mol. The average molecular weight is 326 g/mol. The van der Waals surface area contributed by atoms with E-state index in [4.69, 9.17) is 16.3 Å². The van der Waals surface area contributed by atoms with Crippen LogP contribution in [-0.2, 0) is 9.53 Å². The maximum absolute atomic E-state index is 12.7. The maximum Gasteiger partial charge on any atom is 0.236 e. The highest BCUT2D eigenvalue weighted by Gasteiger charge is 2.40. The van der Waals surface area contributed by atoms with Crippen LogP contribution in [-0.4, -0.2) is 41.9 Å². The van der Waals surface area contributed by atoms with Gasteiger partial charge in [-0.05, 0) is 49.9 Å². The van der Waals surface area contributed by atoms with Gasteiger partial charge in [0, 0.05) is 16.5 Å². The van der Waals surface area contributed by atoms with Gasteiger partial charge in [0.1, 0.15) is 0 Å². The van der Waals surface area contributed by atoms with Gasteiger partial charge in [-0.15, -0.1) is 11.8 Å². The summed E-state index contributed by atoms with van der Waals surface area (Å²) in [5.74, 6) is 0.886. The SMILES string of the molecule is C[C@H](Sc1ccc(Cl)cc1)C(=O)N1CCOC[C@H]1C1CC1. The molecule has 0 radical (unpaired) electrons. The minimum Gasteiger partial charge on any atom is -0.377 e. The number of hydrogen-bond acceptors (Lipinski definition) is 3. The first-order valence-corrected chi connectivity index (χ1v) is 8.71. The molecule has 21 heavy (non-hydrogen) atoms. The summed E-state index contributed by atoms with van der Waals surface area (Å²) in [4.78, 5) is 15.9. The number of ether oxygens (including phenoxy) is 1. The molecule has 5 heteroatoms. The van der Waals surface area contributed by atoms with Gasteiger partial charge in [0.15, 0.2) is 0 Å². The Labute approximate surface area is 135 Å². The second-order valence-electron chi connectivity index (χ2n) is 5.73. The summed E-state index contributed by atoms with van der Waals surface area (Å²) in [5.41, 5.74) is 0. The second kappa shape index (κ2) is 6.59. The van der Waals surface area contributed by atoms with Crippen molar-refractivity contribution >= 4 is 29.3 Å². The van der Waals surface area contributed by atoms with Gasteiger partial charge in [0.2, 0.25) is 5.91 Å². The highest BCUT2D eigenvalue weighted by molar-refractivity contribution is 8.00. The Kier molecular flexibility index (Phi) is 4.77. The van der Waals surface area contributed by atoms with Crippen molar-refractivity contribution < 1.29 is 9.53 Å². The molecule has 2 aliphatic rings. The molecule has 1 heterocycles. The highest BCUT2D eigenvalue weighted by atomic mass is 35.5. The summed E-state index contributed by atoms with van der Waals surface area (Å²) in [6.45, 7) is 4.08. The highest BCUT2D eigenvalue weighted by Crippen LogP contribution is 2.37. The number of morpholine rings is 1. The normalized spacial score (nSPS) is 23.9. The van der Waals surface area contributed by atoms with Gasteiger partial charge in [0.05, 0.1) is 24.5 Å². The molecule has 0 aromatic heterocycles. The van der Waals surface area contributed by atoms with E-state index < -0.39 is 0 Å². The Morgan fingerprint density at radius 1 is 1.38 bits per heavy atom. The van der Waals surface area contributed by atoms with Crippen LogP contribution in [0.1, 0.15) is 19.8 Å². The fourth-order valence-corrected chi connectivity index (χ4v) is 3.83. The molecule has 0 N–H and O–H groups in total. The van der Waals surface area contributed by atoms with Crippen molar-refractivity contribution in [2.75, 3.05) is 19.8 Å². The zero-order valence-electron chi connectivity index (χ0n) is 12.1. The van der Waals surface area contributed by atoms with Crippen molar-refractivity contribution in [1.29, 1.82) is 0 Å². The minimum absolute atomic E-state index is 0.0782. The van der Waals surface area contributed by atoms with E-state index in [2.05, 4.69) is 4.90 Å². The predicted octanol–water partition coefficient (Wildman–Crippen LogP) is 3.46. The molecule has 0 spiro atoms. The lowest BCUT2D eigenvalue weighted by atomic mass is 10.1. The van der Waals surface area contributed by atoms with Crippen LogP contribution in [0, 0.1) is 5.92 Å². The first-order chi connectivity index (χ1) is 10.1. The minimum atomic E-state index is -0.0782. The lowest BCUT2D eigenvalue weighted by Gasteiger charge is -2.37. The fourth-order valence-electron chi connectivity index (χ4n) is 2.77. The van der Waals surface area contributed by atoms with Crippen molar-refractivity contribution in [2.24, 2.45) is 5.92 Å². The molecule has 0 unspecified atom stereocenters. The first kappa shape index (κ1) is 15.2. The summed E-state index contributed by atoms with van der Waals surface area (Å²) in [6, 6.07) is 7.95. The molecule has 3 nitrogen and oxygen atoms in total. The lowest BCUT2D eigenvalue weighted by Crippen LogP contribution is -2.52. The maximum atomic E-state index is 12.7. The number of rotatable bonds is 4. The van der Waals surface area contributed by atoms with Gasteiger partial charge in [-0.1, -0.05) is 11.6 Å².